The van der Waals surface area contributed by atoms with E-state index >= 15 is 0 Å². The van der Waals surface area contributed by atoms with Gasteiger partial charge in [0.25, 0.3) is 5.56 Å². The van der Waals surface area contributed by atoms with Gasteiger partial charge in [-0.05, 0) is 44.7 Å². The third-order valence-corrected chi connectivity index (χ3v) is 4.82. The van der Waals surface area contributed by atoms with Crippen molar-refractivity contribution in [3.05, 3.63) is 51.4 Å². The monoisotopic (exact) mass is 371 g/mol. The van der Waals surface area contributed by atoms with Crippen LogP contribution in [0.3, 0.4) is 0 Å². The largest absolute Gasteiger partial charge is 0.391 e. The highest BCUT2D eigenvalue weighted by Crippen LogP contribution is 2.42. The molecule has 0 saturated heterocycles. The van der Waals surface area contributed by atoms with Crippen molar-refractivity contribution in [2.45, 2.75) is 44.7 Å². The number of nitrogens with zero attached hydrogens (tertiary/aromatic N) is 3. The minimum atomic E-state index is -4.16. The molecule has 25 heavy (non-hydrogen) atoms. The van der Waals surface area contributed by atoms with E-state index in [-0.39, 0.29) is 24.3 Å². The maximum absolute atomic E-state index is 12.9. The van der Waals surface area contributed by atoms with E-state index in [2.05, 4.69) is 9.97 Å². The predicted molar refractivity (Wildman–Crippen MR) is 88.1 cm³/mol. The molecule has 1 aliphatic carbocycles. The molecule has 0 radical (unpaired) electrons. The second-order valence-electron chi connectivity index (χ2n) is 6.36. The zero-order chi connectivity index (χ0) is 18.2. The topological polar surface area (TPSA) is 47.8 Å². The Bertz CT molecular complexity index is 809. The molecule has 1 aliphatic rings. The first-order chi connectivity index (χ1) is 11.8. The second kappa shape index (κ2) is 6.78. The molecule has 134 valence electrons. The maximum atomic E-state index is 12.9. The van der Waals surface area contributed by atoms with E-state index in [1.165, 1.54) is 16.8 Å². The fourth-order valence-corrected chi connectivity index (χ4v) is 3.44. The summed E-state index contributed by atoms with van der Waals surface area (Å²) in [5.74, 6) is -0.970. The van der Waals surface area contributed by atoms with Crippen LogP contribution in [0.15, 0.2) is 29.2 Å². The van der Waals surface area contributed by atoms with Gasteiger partial charge in [-0.25, -0.2) is 9.97 Å². The first-order valence-corrected chi connectivity index (χ1v) is 8.42. The molecule has 2 heterocycles. The number of aromatic nitrogens is 3. The number of aryl methyl sites for hydroxylation is 1. The fourth-order valence-electron chi connectivity index (χ4n) is 3.33. The average Bonchev–Trinajstić information content (AvgIpc) is 2.55. The van der Waals surface area contributed by atoms with Crippen molar-refractivity contribution in [1.29, 1.82) is 0 Å². The van der Waals surface area contributed by atoms with E-state index in [1.54, 1.807) is 19.1 Å². The van der Waals surface area contributed by atoms with E-state index in [0.717, 1.165) is 0 Å². The zero-order valence-electron chi connectivity index (χ0n) is 13.6. The molecule has 1 saturated carbocycles. The molecule has 0 bridgehead atoms. The van der Waals surface area contributed by atoms with Crippen molar-refractivity contribution in [3.8, 4) is 5.69 Å². The smallest absolute Gasteiger partial charge is 0.269 e. The summed E-state index contributed by atoms with van der Waals surface area (Å²) in [4.78, 5) is 20.9. The molecule has 0 atom stereocenters. The van der Waals surface area contributed by atoms with Crippen molar-refractivity contribution in [2.24, 2.45) is 5.92 Å². The van der Waals surface area contributed by atoms with Crippen molar-refractivity contribution in [2.75, 3.05) is 0 Å². The fraction of sp³-hybridized carbons (Fsp3) is 0.471. The molecule has 0 aliphatic heterocycles. The molecule has 0 amide bonds. The lowest BCUT2D eigenvalue weighted by molar-refractivity contribution is -0.182. The first kappa shape index (κ1) is 17.9. The Morgan fingerprint density at radius 2 is 1.88 bits per heavy atom. The molecule has 0 unspecified atom stereocenters. The Kier molecular flexibility index (Phi) is 4.86. The summed E-state index contributed by atoms with van der Waals surface area (Å²) in [6.45, 7) is 1.71. The average molecular weight is 372 g/mol. The van der Waals surface area contributed by atoms with Gasteiger partial charge in [-0.3, -0.25) is 9.36 Å². The van der Waals surface area contributed by atoms with Gasteiger partial charge in [-0.1, -0.05) is 11.6 Å². The van der Waals surface area contributed by atoms with Crippen LogP contribution >= 0.6 is 11.6 Å². The van der Waals surface area contributed by atoms with Crippen molar-refractivity contribution >= 4 is 11.6 Å². The van der Waals surface area contributed by atoms with Gasteiger partial charge in [-0.15, -0.1) is 0 Å². The standard InChI is InChI=1S/C17H17ClF3N3O/c1-10-8-15(25)24(13-6-7-14(18)22-9-13)16(23-10)11-2-4-12(5-3-11)17(19,20)21/h6-9,11-12H,2-5H2,1H3/t11-,12+. The van der Waals surface area contributed by atoms with Crippen LogP contribution in [0.25, 0.3) is 5.69 Å². The first-order valence-electron chi connectivity index (χ1n) is 8.05. The number of alkyl halides is 3. The van der Waals surface area contributed by atoms with Crippen molar-refractivity contribution < 1.29 is 13.2 Å². The van der Waals surface area contributed by atoms with E-state index in [9.17, 15) is 18.0 Å². The molecule has 2 aromatic rings. The Hall–Kier alpha value is -1.89. The highest BCUT2D eigenvalue weighted by molar-refractivity contribution is 6.29. The highest BCUT2D eigenvalue weighted by atomic mass is 35.5. The van der Waals surface area contributed by atoms with Gasteiger partial charge in [0, 0.05) is 17.7 Å². The van der Waals surface area contributed by atoms with Crippen molar-refractivity contribution in [3.63, 3.8) is 0 Å². The van der Waals surface area contributed by atoms with E-state index in [4.69, 9.17) is 11.6 Å². The van der Waals surface area contributed by atoms with Gasteiger partial charge in [0.1, 0.15) is 11.0 Å². The summed E-state index contributed by atoms with van der Waals surface area (Å²) >= 11 is 5.79. The summed E-state index contributed by atoms with van der Waals surface area (Å²) < 4.78 is 40.1. The SMILES string of the molecule is Cc1cc(=O)n(-c2ccc(Cl)nc2)c([C@H]2CC[C@@H](C(F)(F)F)CC2)n1. The van der Waals surface area contributed by atoms with Gasteiger partial charge >= 0.3 is 6.18 Å². The normalized spacial score (nSPS) is 21.3. The lowest BCUT2D eigenvalue weighted by Crippen LogP contribution is -2.31. The Morgan fingerprint density at radius 3 is 2.44 bits per heavy atom. The van der Waals surface area contributed by atoms with Gasteiger partial charge in [0.2, 0.25) is 0 Å². The summed E-state index contributed by atoms with van der Waals surface area (Å²) in [7, 11) is 0. The molecule has 0 aromatic carbocycles. The Labute approximate surface area is 147 Å². The minimum absolute atomic E-state index is 0.0524. The second-order valence-corrected chi connectivity index (χ2v) is 6.75. The van der Waals surface area contributed by atoms with Crippen LogP contribution in [-0.4, -0.2) is 20.7 Å². The van der Waals surface area contributed by atoms with Gasteiger partial charge in [0.05, 0.1) is 17.8 Å². The molecule has 3 rings (SSSR count). The summed E-state index contributed by atoms with van der Waals surface area (Å²) in [6, 6.07) is 4.62. The minimum Gasteiger partial charge on any atom is -0.269 e. The van der Waals surface area contributed by atoms with Crippen molar-refractivity contribution in [1.82, 2.24) is 14.5 Å². The third-order valence-electron chi connectivity index (χ3n) is 4.60. The molecular formula is C17H17ClF3N3O. The van der Waals surface area contributed by atoms with Gasteiger partial charge in [-0.2, -0.15) is 13.2 Å². The van der Waals surface area contributed by atoms with Gasteiger partial charge in [0.15, 0.2) is 0 Å². The van der Waals surface area contributed by atoms with Crippen LogP contribution < -0.4 is 5.56 Å². The van der Waals surface area contributed by atoms with Gasteiger partial charge < -0.3 is 0 Å². The molecular weight excluding hydrogens is 355 g/mol. The van der Waals surface area contributed by atoms with Crippen LogP contribution in [0.1, 0.15) is 43.1 Å². The summed E-state index contributed by atoms with van der Waals surface area (Å²) in [5, 5.41) is 0.295. The highest BCUT2D eigenvalue weighted by Gasteiger charge is 2.42. The summed E-state index contributed by atoms with van der Waals surface area (Å²) in [6.07, 6.45) is -1.90. The number of hydrogen-bond donors (Lipinski definition) is 0. The number of hydrogen-bond acceptors (Lipinski definition) is 3. The number of pyridine rings is 1. The van der Waals surface area contributed by atoms with Crippen LogP contribution in [-0.2, 0) is 0 Å². The molecule has 0 N–H and O–H groups in total. The third kappa shape index (κ3) is 3.86. The Balaban J connectivity index is 1.97. The zero-order valence-corrected chi connectivity index (χ0v) is 14.3. The predicted octanol–water partition coefficient (Wildman–Crippen LogP) is 4.43. The quantitative estimate of drug-likeness (QED) is 0.734. The van der Waals surface area contributed by atoms with Crippen LogP contribution in [0.2, 0.25) is 5.15 Å². The number of halogens is 4. The van der Waals surface area contributed by atoms with E-state index in [0.29, 0.717) is 35.2 Å². The van der Waals surface area contributed by atoms with Crippen LogP contribution in [0.5, 0.6) is 0 Å². The van der Waals surface area contributed by atoms with Crippen LogP contribution in [0, 0.1) is 12.8 Å². The van der Waals surface area contributed by atoms with E-state index in [1.807, 2.05) is 0 Å². The van der Waals surface area contributed by atoms with E-state index < -0.39 is 12.1 Å². The van der Waals surface area contributed by atoms with Crippen LogP contribution in [0.4, 0.5) is 13.2 Å². The maximum Gasteiger partial charge on any atom is 0.391 e. The molecule has 8 heteroatoms. The molecule has 0 spiro atoms. The molecule has 2 aromatic heterocycles. The molecule has 1 fully saturated rings. The Morgan fingerprint density at radius 1 is 1.20 bits per heavy atom. The lowest BCUT2D eigenvalue weighted by atomic mass is 9.81. The number of rotatable bonds is 2. The molecule has 4 nitrogen and oxygen atoms in total. The summed E-state index contributed by atoms with van der Waals surface area (Å²) in [5.41, 5.74) is 0.788. The lowest BCUT2D eigenvalue weighted by Gasteiger charge is -2.30.